The summed E-state index contributed by atoms with van der Waals surface area (Å²) in [6.45, 7) is 3.50. The van der Waals surface area contributed by atoms with Crippen molar-refractivity contribution >= 4 is 19.8 Å². The molecule has 0 aliphatic carbocycles. The van der Waals surface area contributed by atoms with Crippen molar-refractivity contribution < 1.29 is 37.9 Å². The van der Waals surface area contributed by atoms with Gasteiger partial charge in [-0.05, 0) is 57.8 Å². The molecule has 1 atom stereocenters. The van der Waals surface area contributed by atoms with Gasteiger partial charge in [0.1, 0.15) is 6.61 Å². The Kier molecular flexibility index (Phi) is 32.0. The maximum Gasteiger partial charge on any atom is 0.469 e. The van der Waals surface area contributed by atoms with Crippen LogP contribution in [0.4, 0.5) is 0 Å². The zero-order chi connectivity index (χ0) is 34.7. The molecule has 9 heteroatoms. The summed E-state index contributed by atoms with van der Waals surface area (Å²) in [4.78, 5) is 42.6. The van der Waals surface area contributed by atoms with E-state index in [-0.39, 0.29) is 19.4 Å². The quantitative estimate of drug-likeness (QED) is 0.0312. The van der Waals surface area contributed by atoms with Gasteiger partial charge in [-0.15, -0.1) is 0 Å². The SMILES string of the molecule is CC/C=C\C/C=C\C/C=C\C/C=C\C/C=C\CCCCCC(=O)OC(COC(=O)CCCCCCCCCCCC)COP(=O)(O)O. The Hall–Kier alpha value is -2.25. The van der Waals surface area contributed by atoms with Gasteiger partial charge in [0.2, 0.25) is 0 Å². The Morgan fingerprint density at radius 2 is 1.02 bits per heavy atom. The van der Waals surface area contributed by atoms with Crippen LogP contribution in [0, 0.1) is 0 Å². The number of hydrogen-bond acceptors (Lipinski definition) is 6. The molecule has 2 N–H and O–H groups in total. The van der Waals surface area contributed by atoms with Crippen molar-refractivity contribution in [2.75, 3.05) is 13.2 Å². The van der Waals surface area contributed by atoms with E-state index >= 15 is 0 Å². The van der Waals surface area contributed by atoms with Crippen LogP contribution in [0.1, 0.15) is 149 Å². The number of esters is 2. The van der Waals surface area contributed by atoms with Gasteiger partial charge in [-0.25, -0.2) is 4.57 Å². The van der Waals surface area contributed by atoms with Crippen LogP contribution in [0.25, 0.3) is 0 Å². The minimum atomic E-state index is -4.76. The zero-order valence-electron chi connectivity index (χ0n) is 29.4. The summed E-state index contributed by atoms with van der Waals surface area (Å²) in [6.07, 6.45) is 40.9. The standard InChI is InChI=1S/C38H65O8P/c1-3-5-7-9-11-13-15-16-17-18-19-20-21-22-23-25-27-29-31-33-38(40)46-36(35-45-47(41,42)43)34-44-37(39)32-30-28-26-24-14-12-10-8-6-4-2/h5,7,11,13,16-17,19-20,22-23,36H,3-4,6,8-10,12,14-15,18,21,24-35H2,1-2H3,(H2,41,42,43)/b7-5-,13-11-,17-16-,20-19-,23-22-. The van der Waals surface area contributed by atoms with Gasteiger partial charge in [0.05, 0.1) is 6.61 Å². The average molecular weight is 681 g/mol. The van der Waals surface area contributed by atoms with Crippen LogP contribution in [0.3, 0.4) is 0 Å². The van der Waals surface area contributed by atoms with Crippen LogP contribution in [0.15, 0.2) is 60.8 Å². The lowest BCUT2D eigenvalue weighted by atomic mass is 10.1. The first-order valence-electron chi connectivity index (χ1n) is 18.1. The highest BCUT2D eigenvalue weighted by molar-refractivity contribution is 7.46. The Morgan fingerprint density at radius 3 is 1.53 bits per heavy atom. The molecule has 47 heavy (non-hydrogen) atoms. The van der Waals surface area contributed by atoms with Crippen molar-refractivity contribution in [2.45, 2.75) is 155 Å². The molecule has 0 saturated carbocycles. The molecular formula is C38H65O8P. The van der Waals surface area contributed by atoms with E-state index in [0.717, 1.165) is 70.6 Å². The highest BCUT2D eigenvalue weighted by Gasteiger charge is 2.22. The average Bonchev–Trinajstić information content (AvgIpc) is 3.04. The van der Waals surface area contributed by atoms with E-state index in [0.29, 0.717) is 6.42 Å². The number of ether oxygens (including phenoxy) is 2. The lowest BCUT2D eigenvalue weighted by Crippen LogP contribution is -2.29. The lowest BCUT2D eigenvalue weighted by molar-refractivity contribution is -0.161. The van der Waals surface area contributed by atoms with Crippen LogP contribution >= 0.6 is 7.82 Å². The minimum absolute atomic E-state index is 0.171. The maximum atomic E-state index is 12.3. The second-order valence-corrected chi connectivity index (χ2v) is 13.1. The lowest BCUT2D eigenvalue weighted by Gasteiger charge is -2.18. The predicted octanol–water partition coefficient (Wildman–Crippen LogP) is 10.6. The van der Waals surface area contributed by atoms with Gasteiger partial charge < -0.3 is 19.3 Å². The van der Waals surface area contributed by atoms with E-state index in [1.807, 2.05) is 0 Å². The molecule has 1 unspecified atom stereocenters. The molecule has 0 aromatic carbocycles. The van der Waals surface area contributed by atoms with Crippen molar-refractivity contribution in [1.82, 2.24) is 0 Å². The van der Waals surface area contributed by atoms with Crippen LogP contribution in [0.5, 0.6) is 0 Å². The Balaban J connectivity index is 4.07. The first-order valence-corrected chi connectivity index (χ1v) is 19.6. The third kappa shape index (κ3) is 36.4. The molecule has 0 bridgehead atoms. The second-order valence-electron chi connectivity index (χ2n) is 11.8. The number of unbranched alkanes of at least 4 members (excludes halogenated alkanes) is 12. The molecule has 0 aromatic rings. The Labute approximate surface area is 286 Å². The topological polar surface area (TPSA) is 119 Å². The van der Waals surface area contributed by atoms with Gasteiger partial charge in [0.25, 0.3) is 0 Å². The highest BCUT2D eigenvalue weighted by atomic mass is 31.2. The van der Waals surface area contributed by atoms with E-state index in [1.165, 1.54) is 44.9 Å². The zero-order valence-corrected chi connectivity index (χ0v) is 30.3. The summed E-state index contributed by atoms with van der Waals surface area (Å²) >= 11 is 0. The molecule has 0 radical (unpaired) electrons. The number of carbonyl (C=O) groups excluding carboxylic acids is 2. The molecule has 0 spiro atoms. The number of rotatable bonds is 32. The maximum absolute atomic E-state index is 12.3. The van der Waals surface area contributed by atoms with Crippen molar-refractivity contribution in [2.24, 2.45) is 0 Å². The van der Waals surface area contributed by atoms with E-state index in [2.05, 4.69) is 79.1 Å². The highest BCUT2D eigenvalue weighted by Crippen LogP contribution is 2.35. The molecule has 8 nitrogen and oxygen atoms in total. The van der Waals surface area contributed by atoms with Crippen molar-refractivity contribution in [1.29, 1.82) is 0 Å². The van der Waals surface area contributed by atoms with Crippen LogP contribution in [-0.2, 0) is 28.2 Å². The first kappa shape index (κ1) is 44.8. The summed E-state index contributed by atoms with van der Waals surface area (Å²) in [5.74, 6) is -0.929. The van der Waals surface area contributed by atoms with E-state index in [1.54, 1.807) is 0 Å². The monoisotopic (exact) mass is 680 g/mol. The van der Waals surface area contributed by atoms with E-state index in [4.69, 9.17) is 19.3 Å². The van der Waals surface area contributed by atoms with E-state index in [9.17, 15) is 14.2 Å². The normalized spacial score (nSPS) is 13.2. The number of phosphoric ester groups is 1. The molecule has 0 aliphatic rings. The summed E-state index contributed by atoms with van der Waals surface area (Å²) in [5.41, 5.74) is 0. The van der Waals surface area contributed by atoms with Crippen LogP contribution in [0.2, 0.25) is 0 Å². The Bertz CT molecular complexity index is 947. The van der Waals surface area contributed by atoms with Gasteiger partial charge >= 0.3 is 19.8 Å². The number of hydrogen-bond donors (Lipinski definition) is 2. The van der Waals surface area contributed by atoms with Crippen LogP contribution in [-0.4, -0.2) is 41.0 Å². The summed E-state index contributed by atoms with van der Waals surface area (Å²) in [6, 6.07) is 0. The Morgan fingerprint density at radius 1 is 0.574 bits per heavy atom. The number of allylic oxidation sites excluding steroid dienone is 10. The molecule has 0 rings (SSSR count). The van der Waals surface area contributed by atoms with Gasteiger partial charge in [0, 0.05) is 12.8 Å². The molecule has 0 aliphatic heterocycles. The fourth-order valence-electron chi connectivity index (χ4n) is 4.63. The van der Waals surface area contributed by atoms with Crippen molar-refractivity contribution in [3.8, 4) is 0 Å². The summed E-state index contributed by atoms with van der Waals surface area (Å²) in [5, 5.41) is 0. The minimum Gasteiger partial charge on any atom is -0.462 e. The smallest absolute Gasteiger partial charge is 0.462 e. The van der Waals surface area contributed by atoms with Gasteiger partial charge in [-0.1, -0.05) is 139 Å². The van der Waals surface area contributed by atoms with E-state index < -0.39 is 32.5 Å². The van der Waals surface area contributed by atoms with Gasteiger partial charge in [-0.3, -0.25) is 14.1 Å². The van der Waals surface area contributed by atoms with Crippen LogP contribution < -0.4 is 0 Å². The molecular weight excluding hydrogens is 615 g/mol. The van der Waals surface area contributed by atoms with Gasteiger partial charge in [0.15, 0.2) is 6.10 Å². The molecule has 270 valence electrons. The molecule has 0 amide bonds. The van der Waals surface area contributed by atoms with Crippen molar-refractivity contribution in [3.05, 3.63) is 60.8 Å². The van der Waals surface area contributed by atoms with Crippen molar-refractivity contribution in [3.63, 3.8) is 0 Å². The third-order valence-electron chi connectivity index (χ3n) is 7.30. The largest absolute Gasteiger partial charge is 0.469 e. The third-order valence-corrected chi connectivity index (χ3v) is 7.79. The molecule has 0 heterocycles. The molecule has 0 saturated heterocycles. The number of carbonyl (C=O) groups is 2. The number of phosphoric acid groups is 1. The fourth-order valence-corrected chi connectivity index (χ4v) is 4.99. The first-order chi connectivity index (χ1) is 22.8. The second kappa shape index (κ2) is 33.6. The summed E-state index contributed by atoms with van der Waals surface area (Å²) < 4.78 is 26.2. The predicted molar refractivity (Wildman–Crippen MR) is 193 cm³/mol. The fraction of sp³-hybridized carbons (Fsp3) is 0.684. The molecule has 0 aromatic heterocycles. The van der Waals surface area contributed by atoms with Gasteiger partial charge in [-0.2, -0.15) is 0 Å². The summed E-state index contributed by atoms with van der Waals surface area (Å²) in [7, 11) is -4.76. The molecule has 0 fully saturated rings.